The molecule has 0 aliphatic rings. The van der Waals surface area contributed by atoms with Gasteiger partial charge in [-0.25, -0.2) is 9.78 Å². The van der Waals surface area contributed by atoms with Crippen LogP contribution in [0.1, 0.15) is 22.8 Å². The molecule has 0 N–H and O–H groups in total. The van der Waals surface area contributed by atoms with Gasteiger partial charge in [-0.3, -0.25) is 14.0 Å². The molecule has 7 heteroatoms. The molecule has 1 atom stereocenters. The monoisotopic (exact) mass is 365 g/mol. The lowest BCUT2D eigenvalue weighted by atomic mass is 10.1. The van der Waals surface area contributed by atoms with Gasteiger partial charge >= 0.3 is 5.97 Å². The van der Waals surface area contributed by atoms with E-state index >= 15 is 0 Å². The Labute approximate surface area is 155 Å². The van der Waals surface area contributed by atoms with E-state index in [1.807, 2.05) is 30.3 Å². The SMILES string of the molecule is COC(=O)[C@@H](C)N(Cc1ccccc1)c1nc2ccccn2c(=O)c1C=O. The van der Waals surface area contributed by atoms with Gasteiger partial charge in [-0.1, -0.05) is 36.4 Å². The van der Waals surface area contributed by atoms with Crippen molar-refractivity contribution in [3.05, 3.63) is 76.2 Å². The Morgan fingerprint density at radius 3 is 2.59 bits per heavy atom. The van der Waals surface area contributed by atoms with Gasteiger partial charge in [0.15, 0.2) is 6.29 Å². The smallest absolute Gasteiger partial charge is 0.328 e. The summed E-state index contributed by atoms with van der Waals surface area (Å²) in [6.07, 6.45) is 2.03. The first kappa shape index (κ1) is 18.3. The molecule has 0 radical (unpaired) electrons. The largest absolute Gasteiger partial charge is 0.467 e. The van der Waals surface area contributed by atoms with Gasteiger partial charge in [0.1, 0.15) is 23.1 Å². The Bertz CT molecular complexity index is 1030. The maximum absolute atomic E-state index is 12.7. The number of anilines is 1. The zero-order valence-corrected chi connectivity index (χ0v) is 15.0. The second-order valence-electron chi connectivity index (χ2n) is 6.01. The molecular weight excluding hydrogens is 346 g/mol. The fourth-order valence-electron chi connectivity index (χ4n) is 2.89. The normalized spacial score (nSPS) is 11.8. The van der Waals surface area contributed by atoms with Crippen molar-refractivity contribution < 1.29 is 14.3 Å². The summed E-state index contributed by atoms with van der Waals surface area (Å²) in [5.74, 6) is -0.333. The summed E-state index contributed by atoms with van der Waals surface area (Å²) in [5.41, 5.74) is 0.699. The van der Waals surface area contributed by atoms with E-state index in [-0.39, 0.29) is 17.9 Å². The summed E-state index contributed by atoms with van der Waals surface area (Å²) < 4.78 is 6.17. The van der Waals surface area contributed by atoms with Crippen LogP contribution in [0.3, 0.4) is 0 Å². The quantitative estimate of drug-likeness (QED) is 0.491. The molecule has 27 heavy (non-hydrogen) atoms. The fourth-order valence-corrected chi connectivity index (χ4v) is 2.89. The molecule has 0 bridgehead atoms. The summed E-state index contributed by atoms with van der Waals surface area (Å²) in [6.45, 7) is 1.94. The van der Waals surface area contributed by atoms with Crippen molar-refractivity contribution in [2.75, 3.05) is 12.0 Å². The zero-order chi connectivity index (χ0) is 19.4. The van der Waals surface area contributed by atoms with E-state index in [1.165, 1.54) is 11.5 Å². The average molecular weight is 365 g/mol. The Balaban J connectivity index is 2.20. The number of benzene rings is 1. The van der Waals surface area contributed by atoms with Crippen LogP contribution in [0.25, 0.3) is 5.65 Å². The topological polar surface area (TPSA) is 81.0 Å². The van der Waals surface area contributed by atoms with E-state index in [1.54, 1.807) is 36.2 Å². The maximum atomic E-state index is 12.7. The highest BCUT2D eigenvalue weighted by molar-refractivity contribution is 5.86. The molecule has 7 nitrogen and oxygen atoms in total. The van der Waals surface area contributed by atoms with Crippen LogP contribution in [-0.4, -0.2) is 34.8 Å². The minimum Gasteiger partial charge on any atom is -0.467 e. The van der Waals surface area contributed by atoms with Gasteiger partial charge in [0.2, 0.25) is 0 Å². The van der Waals surface area contributed by atoms with Crippen LogP contribution in [0, 0.1) is 0 Å². The van der Waals surface area contributed by atoms with Crippen LogP contribution in [0.2, 0.25) is 0 Å². The molecule has 2 aromatic heterocycles. The molecule has 0 aliphatic carbocycles. The molecule has 0 saturated carbocycles. The second kappa shape index (κ2) is 7.82. The molecule has 0 fully saturated rings. The molecular formula is C20H19N3O4. The fraction of sp³-hybridized carbons (Fsp3) is 0.200. The highest BCUT2D eigenvalue weighted by Crippen LogP contribution is 2.21. The standard InChI is InChI=1S/C20H19N3O4/c1-14(20(26)27-2)23(12-15-8-4-3-5-9-15)18-16(13-24)19(25)22-11-7-6-10-17(22)21-18/h3-11,13-14H,12H2,1-2H3/t14-/m1/s1. The van der Waals surface area contributed by atoms with Crippen molar-refractivity contribution in [2.45, 2.75) is 19.5 Å². The lowest BCUT2D eigenvalue weighted by molar-refractivity contribution is -0.141. The van der Waals surface area contributed by atoms with Crippen molar-refractivity contribution in [3.63, 3.8) is 0 Å². The Morgan fingerprint density at radius 2 is 1.93 bits per heavy atom. The zero-order valence-electron chi connectivity index (χ0n) is 15.0. The van der Waals surface area contributed by atoms with Crippen molar-refractivity contribution >= 4 is 23.7 Å². The Hall–Kier alpha value is -3.48. The highest BCUT2D eigenvalue weighted by atomic mass is 16.5. The van der Waals surface area contributed by atoms with Gasteiger partial charge in [0.05, 0.1) is 7.11 Å². The van der Waals surface area contributed by atoms with E-state index in [9.17, 15) is 14.4 Å². The number of methoxy groups -OCH3 is 1. The lowest BCUT2D eigenvalue weighted by Gasteiger charge is -2.29. The number of aldehydes is 1. The predicted molar refractivity (Wildman–Crippen MR) is 101 cm³/mol. The van der Waals surface area contributed by atoms with E-state index in [4.69, 9.17) is 4.74 Å². The third-order valence-electron chi connectivity index (χ3n) is 4.34. The van der Waals surface area contributed by atoms with Gasteiger partial charge in [0.25, 0.3) is 5.56 Å². The summed E-state index contributed by atoms with van der Waals surface area (Å²) >= 11 is 0. The first-order chi connectivity index (χ1) is 13.1. The molecule has 0 aliphatic heterocycles. The number of hydrogen-bond acceptors (Lipinski definition) is 6. The summed E-state index contributed by atoms with van der Waals surface area (Å²) in [6, 6.07) is 13.8. The van der Waals surface area contributed by atoms with Crippen LogP contribution in [0.15, 0.2) is 59.5 Å². The molecule has 2 heterocycles. The van der Waals surface area contributed by atoms with Crippen LogP contribution in [-0.2, 0) is 16.1 Å². The van der Waals surface area contributed by atoms with E-state index in [2.05, 4.69) is 4.98 Å². The highest BCUT2D eigenvalue weighted by Gasteiger charge is 2.27. The second-order valence-corrected chi connectivity index (χ2v) is 6.01. The number of aromatic nitrogens is 2. The van der Waals surface area contributed by atoms with Crippen LogP contribution < -0.4 is 10.5 Å². The third-order valence-corrected chi connectivity index (χ3v) is 4.34. The van der Waals surface area contributed by atoms with Crippen molar-refractivity contribution in [1.82, 2.24) is 9.38 Å². The Kier molecular flexibility index (Phi) is 5.30. The number of hydrogen-bond donors (Lipinski definition) is 0. The number of nitrogens with zero attached hydrogens (tertiary/aromatic N) is 3. The number of pyridine rings is 1. The van der Waals surface area contributed by atoms with E-state index in [0.29, 0.717) is 11.9 Å². The molecule has 0 amide bonds. The molecule has 0 unspecified atom stereocenters. The summed E-state index contributed by atoms with van der Waals surface area (Å²) in [5, 5.41) is 0. The van der Waals surface area contributed by atoms with Crippen LogP contribution in [0.4, 0.5) is 5.82 Å². The molecule has 138 valence electrons. The number of fused-ring (bicyclic) bond motifs is 1. The van der Waals surface area contributed by atoms with Gasteiger partial charge in [0, 0.05) is 12.7 Å². The van der Waals surface area contributed by atoms with Gasteiger partial charge < -0.3 is 9.64 Å². The molecule has 3 rings (SSSR count). The number of ether oxygens (including phenoxy) is 1. The van der Waals surface area contributed by atoms with Gasteiger partial charge in [-0.15, -0.1) is 0 Å². The number of rotatable bonds is 6. The van der Waals surface area contributed by atoms with Gasteiger partial charge in [-0.2, -0.15) is 0 Å². The summed E-state index contributed by atoms with van der Waals surface area (Å²) in [7, 11) is 1.29. The van der Waals surface area contributed by atoms with E-state index in [0.717, 1.165) is 5.56 Å². The number of carbonyl (C=O) groups is 2. The summed E-state index contributed by atoms with van der Waals surface area (Å²) in [4.78, 5) is 42.8. The first-order valence-electron chi connectivity index (χ1n) is 8.41. The minimum absolute atomic E-state index is 0.106. The molecule has 0 spiro atoms. The van der Waals surface area contributed by atoms with Crippen LogP contribution >= 0.6 is 0 Å². The third kappa shape index (κ3) is 3.57. The van der Waals surface area contributed by atoms with Crippen molar-refractivity contribution in [1.29, 1.82) is 0 Å². The molecule has 3 aromatic rings. The van der Waals surface area contributed by atoms with Crippen LogP contribution in [0.5, 0.6) is 0 Å². The lowest BCUT2D eigenvalue weighted by Crippen LogP contribution is -2.41. The number of carbonyl (C=O) groups excluding carboxylic acids is 2. The van der Waals surface area contributed by atoms with Crippen molar-refractivity contribution in [3.8, 4) is 0 Å². The minimum atomic E-state index is -0.744. The Morgan fingerprint density at radius 1 is 1.22 bits per heavy atom. The number of esters is 1. The molecule has 1 aromatic carbocycles. The maximum Gasteiger partial charge on any atom is 0.328 e. The predicted octanol–water partition coefficient (Wildman–Crippen LogP) is 2.08. The van der Waals surface area contributed by atoms with Crippen molar-refractivity contribution in [2.24, 2.45) is 0 Å². The molecule has 0 saturated heterocycles. The first-order valence-corrected chi connectivity index (χ1v) is 8.41. The van der Waals surface area contributed by atoms with Gasteiger partial charge in [-0.05, 0) is 24.6 Å². The average Bonchev–Trinajstić information content (AvgIpc) is 2.71. The van der Waals surface area contributed by atoms with E-state index < -0.39 is 17.6 Å².